The Bertz CT molecular complexity index is 2260. The third kappa shape index (κ3) is 11.2. The highest BCUT2D eigenvalue weighted by Gasteiger charge is 2.60. The van der Waals surface area contributed by atoms with Gasteiger partial charge in [-0.2, -0.15) is 0 Å². The number of ketones is 4. The summed E-state index contributed by atoms with van der Waals surface area (Å²) in [5.41, 5.74) is 8.94. The number of benzene rings is 3. The zero-order valence-electron chi connectivity index (χ0n) is 37.3. The maximum Gasteiger partial charge on any atom is 0.487 e. The normalized spacial score (nSPS) is 23.4. The molecule has 0 heterocycles. The summed E-state index contributed by atoms with van der Waals surface area (Å²) in [5.74, 6) is -5.64. The number of carbonyl (C=O) groups excluding carboxylic acids is 6. The van der Waals surface area contributed by atoms with Crippen molar-refractivity contribution < 1.29 is 62.7 Å². The molecule has 342 valence electrons. The van der Waals surface area contributed by atoms with Gasteiger partial charge in [0.15, 0.2) is 13.2 Å². The molecule has 2 saturated carbocycles. The summed E-state index contributed by atoms with van der Waals surface area (Å²) in [4.78, 5) is 84.6. The Morgan fingerprint density at radius 1 is 0.781 bits per heavy atom. The van der Waals surface area contributed by atoms with Gasteiger partial charge in [-0.1, -0.05) is 63.5 Å². The van der Waals surface area contributed by atoms with Crippen molar-refractivity contribution >= 4 is 49.1 Å². The van der Waals surface area contributed by atoms with E-state index in [-0.39, 0.29) is 60.4 Å². The minimum Gasteiger partial charge on any atom is -0.508 e. The molecule has 4 bridgehead atoms. The first-order valence-electron chi connectivity index (χ1n) is 21.6. The van der Waals surface area contributed by atoms with E-state index in [1.807, 2.05) is 19.1 Å². The monoisotopic (exact) mass is 898 g/mol. The lowest BCUT2D eigenvalue weighted by Gasteiger charge is -2.46. The molecule has 15 heteroatoms. The van der Waals surface area contributed by atoms with Crippen LogP contribution in [0.3, 0.4) is 0 Å². The number of ether oxygens (including phenoxy) is 4. The molecule has 0 radical (unpaired) electrons. The molecular formula is C49H60NO13Si+. The van der Waals surface area contributed by atoms with Gasteiger partial charge in [-0.15, -0.1) is 0 Å². The first-order chi connectivity index (χ1) is 30.3. The number of carboxylic acids is 1. The van der Waals surface area contributed by atoms with Crippen LogP contribution < -0.4 is 15.2 Å². The van der Waals surface area contributed by atoms with Crippen molar-refractivity contribution in [1.29, 1.82) is 0 Å². The third-order valence-corrected chi connectivity index (χ3v) is 13.8. The lowest BCUT2D eigenvalue weighted by Crippen LogP contribution is -2.51. The van der Waals surface area contributed by atoms with Crippen molar-refractivity contribution in [3.63, 3.8) is 0 Å². The second-order valence-corrected chi connectivity index (χ2v) is 23.5. The lowest BCUT2D eigenvalue weighted by atomic mass is 9.54. The Balaban J connectivity index is 0.000000277. The van der Waals surface area contributed by atoms with E-state index in [2.05, 4.69) is 26.2 Å². The summed E-state index contributed by atoms with van der Waals surface area (Å²) in [6, 6.07) is 18.2. The predicted molar refractivity (Wildman–Crippen MR) is 241 cm³/mol. The van der Waals surface area contributed by atoms with Crippen molar-refractivity contribution in [2.24, 2.45) is 29.4 Å². The van der Waals surface area contributed by atoms with Gasteiger partial charge < -0.3 is 39.7 Å². The van der Waals surface area contributed by atoms with Gasteiger partial charge in [0.05, 0.1) is 25.8 Å². The topological polar surface area (TPSA) is 227 Å². The predicted octanol–water partition coefficient (Wildman–Crippen LogP) is 6.62. The van der Waals surface area contributed by atoms with Crippen LogP contribution in [-0.2, 0) is 44.8 Å². The minimum absolute atomic E-state index is 0.00101. The zero-order valence-corrected chi connectivity index (χ0v) is 38.3. The molecule has 6 aliphatic carbocycles. The van der Waals surface area contributed by atoms with Crippen molar-refractivity contribution in [2.45, 2.75) is 89.6 Å². The van der Waals surface area contributed by atoms with E-state index in [9.17, 15) is 38.7 Å². The van der Waals surface area contributed by atoms with Gasteiger partial charge in [0.2, 0.25) is 0 Å². The number of carbonyl (C=O) groups is 6. The molecule has 5 N–H and O–H groups in total. The number of rotatable bonds is 15. The van der Waals surface area contributed by atoms with Crippen LogP contribution in [0.4, 0.5) is 0 Å². The summed E-state index contributed by atoms with van der Waals surface area (Å²) in [6.07, 6.45) is 1.98. The lowest BCUT2D eigenvalue weighted by molar-refractivity contribution is -0.154. The fourth-order valence-electron chi connectivity index (χ4n) is 9.44. The summed E-state index contributed by atoms with van der Waals surface area (Å²) in [6.45, 7) is 16.0. The molecule has 6 aliphatic rings. The molecule has 14 nitrogen and oxygen atoms in total. The standard InChI is InChI=1S/C31H36O9Si.C16H16O4.C2H7N/c1-5-12-37-31(36)29-27-23-15-21(39-17-19-6-8-20(9-7-19)40-18-26(33)34)10-11-22(23)24(16-25(27)32)28(29)30(35)38-13-14-41(2,3)4;1-7(17)14-12-6-13(20)16(15(14)8(2)18)11-5-9(19)3-4-10(11)12;1-2-3/h5-11,15,24,27-29H,1,12-14,16-18H2,2-4H3,(H,33,34);3-5,12,14-16,19H,6H2,1-2H3;2-3H2,1H3/p+1/t24?,27?,28-,29-;12?,14-,15+,16?;/m11./s1. The van der Waals surface area contributed by atoms with Crippen LogP contribution in [0.1, 0.15) is 85.1 Å². The second-order valence-electron chi connectivity index (χ2n) is 17.9. The average molecular weight is 899 g/mol. The molecule has 9 rings (SSSR count). The first-order valence-corrected chi connectivity index (χ1v) is 25.3. The highest BCUT2D eigenvalue weighted by Crippen LogP contribution is 2.56. The van der Waals surface area contributed by atoms with E-state index >= 15 is 0 Å². The number of phenolic OH excluding ortho intramolecular Hbond substituents is 1. The van der Waals surface area contributed by atoms with E-state index in [4.69, 9.17) is 29.8 Å². The minimum atomic E-state index is -1.41. The van der Waals surface area contributed by atoms with E-state index in [0.717, 1.165) is 34.8 Å². The van der Waals surface area contributed by atoms with Crippen molar-refractivity contribution in [2.75, 3.05) is 26.4 Å². The molecule has 0 aliphatic heterocycles. The smallest absolute Gasteiger partial charge is 0.487 e. The Kier molecular flexibility index (Phi) is 16.2. The highest BCUT2D eigenvalue weighted by molar-refractivity contribution is 6.76. The summed E-state index contributed by atoms with van der Waals surface area (Å²) in [5, 5.41) is 18.4. The van der Waals surface area contributed by atoms with E-state index in [1.165, 1.54) is 19.9 Å². The van der Waals surface area contributed by atoms with E-state index < -0.39 is 68.0 Å². The SMILES string of the molecule is C=CCOC(=O)[C@@H]1C2C(=O)CC(c3ccc(OCc4ccc(OCC(=O)O)cc4)cc32)[C@H]1C(=[OH+])OCC[Si](C)(C)C.CC(=O)[C@@H]1C2CC(=O)C(c3cc(O)ccc32)[C@H]1C(C)=O.CCN. The average Bonchev–Trinajstić information content (AvgIpc) is 3.23. The van der Waals surface area contributed by atoms with E-state index in [1.54, 1.807) is 48.5 Å². The zero-order chi connectivity index (χ0) is 47.0. The summed E-state index contributed by atoms with van der Waals surface area (Å²) < 4.78 is 22.4. The molecule has 64 heavy (non-hydrogen) atoms. The van der Waals surface area contributed by atoms with E-state index in [0.29, 0.717) is 30.1 Å². The fraction of sp³-hybridized carbons (Fsp3) is 0.449. The molecular weight excluding hydrogens is 839 g/mol. The second kappa shape index (κ2) is 21.2. The quantitative estimate of drug-likeness (QED) is 0.0631. The molecule has 0 saturated heterocycles. The van der Waals surface area contributed by atoms with Crippen LogP contribution in [0.5, 0.6) is 17.2 Å². The number of carboxylic acid groups (broad SMARTS) is 1. The van der Waals surface area contributed by atoms with Crippen molar-refractivity contribution in [3.05, 3.63) is 101 Å². The maximum atomic E-state index is 13.3. The Labute approximate surface area is 374 Å². The van der Waals surface area contributed by atoms with Gasteiger partial charge in [-0.3, -0.25) is 24.0 Å². The van der Waals surface area contributed by atoms with Gasteiger partial charge in [0, 0.05) is 42.6 Å². The Morgan fingerprint density at radius 3 is 1.89 bits per heavy atom. The number of hydrogen-bond donors (Lipinski definition) is 3. The molecule has 0 spiro atoms. The molecule has 4 unspecified atom stereocenters. The number of aromatic hydroxyl groups is 1. The highest BCUT2D eigenvalue weighted by atomic mass is 28.3. The Hall–Kier alpha value is -5.93. The number of hydrogen-bond acceptors (Lipinski definition) is 12. The third-order valence-electron chi connectivity index (χ3n) is 12.1. The van der Waals surface area contributed by atoms with Gasteiger partial charge in [-0.05, 0) is 84.6 Å². The van der Waals surface area contributed by atoms with Crippen molar-refractivity contribution in [3.8, 4) is 17.2 Å². The van der Waals surface area contributed by atoms with Crippen LogP contribution >= 0.6 is 0 Å². The van der Waals surface area contributed by atoms with Crippen LogP contribution in [0, 0.1) is 23.7 Å². The molecule has 3 aromatic carbocycles. The largest absolute Gasteiger partial charge is 0.508 e. The van der Waals surface area contributed by atoms with Gasteiger partial charge in [0.25, 0.3) is 0 Å². The molecule has 2 fully saturated rings. The number of esters is 2. The van der Waals surface area contributed by atoms with Gasteiger partial charge >= 0.3 is 17.9 Å². The fourth-order valence-corrected chi connectivity index (χ4v) is 10.2. The number of fused-ring (bicyclic) bond motifs is 4. The maximum absolute atomic E-state index is 13.3. The molecule has 0 amide bonds. The number of Topliss-reactive ketones (excluding diaryl/α,β-unsaturated/α-hetero) is 4. The van der Waals surface area contributed by atoms with Crippen LogP contribution in [0.2, 0.25) is 25.7 Å². The molecule has 8 atom stereocenters. The summed E-state index contributed by atoms with van der Waals surface area (Å²) in [7, 11) is -1.41. The van der Waals surface area contributed by atoms with Crippen LogP contribution in [0.15, 0.2) is 73.3 Å². The number of phenols is 1. The van der Waals surface area contributed by atoms with Gasteiger partial charge in [-0.25, -0.2) is 4.79 Å². The van der Waals surface area contributed by atoms with Crippen molar-refractivity contribution in [1.82, 2.24) is 0 Å². The molecule has 3 aromatic rings. The number of aliphatic carboxylic acids is 1. The molecule has 0 aromatic heterocycles. The summed E-state index contributed by atoms with van der Waals surface area (Å²) >= 11 is 0. The van der Waals surface area contributed by atoms with Crippen LogP contribution in [0.25, 0.3) is 0 Å². The van der Waals surface area contributed by atoms with Crippen LogP contribution in [-0.4, -0.2) is 90.5 Å². The first kappa shape index (κ1) is 49.1. The number of nitrogens with two attached hydrogens (primary N) is 1. The Morgan fingerprint density at radius 2 is 1.33 bits per heavy atom. The van der Waals surface area contributed by atoms with Gasteiger partial charge in [0.1, 0.15) is 59.5 Å².